The molecule has 0 heterocycles. The van der Waals surface area contributed by atoms with Gasteiger partial charge in [-0.05, 0) is 31.0 Å². The zero-order valence-electron chi connectivity index (χ0n) is 8.29. The van der Waals surface area contributed by atoms with E-state index in [1.807, 2.05) is 6.92 Å². The minimum absolute atomic E-state index is 0.273. The Morgan fingerprint density at radius 1 is 1.64 bits per heavy atom. The van der Waals surface area contributed by atoms with Crippen LogP contribution in [-0.4, -0.2) is 29.2 Å². The summed E-state index contributed by atoms with van der Waals surface area (Å²) in [5.41, 5.74) is 0. The van der Waals surface area contributed by atoms with E-state index < -0.39 is 6.10 Å². The molecule has 0 spiro atoms. The number of carbonyl (C=O) groups is 1. The molecule has 0 bridgehead atoms. The fourth-order valence-electron chi connectivity index (χ4n) is 1.28. The Morgan fingerprint density at radius 2 is 2.29 bits per heavy atom. The zero-order valence-corrected chi connectivity index (χ0v) is 9.05. The van der Waals surface area contributed by atoms with Crippen molar-refractivity contribution in [2.24, 2.45) is 0 Å². The summed E-state index contributed by atoms with van der Waals surface area (Å²) in [5.74, 6) is -0.320. The monoisotopic (exact) mass is 220 g/mol. The van der Waals surface area contributed by atoms with Crippen molar-refractivity contribution < 1.29 is 9.90 Å². The molecule has 1 aliphatic rings. The van der Waals surface area contributed by atoms with Crippen LogP contribution in [0.25, 0.3) is 0 Å². The lowest BCUT2D eigenvalue weighted by Crippen LogP contribution is -2.46. The Labute approximate surface area is 89.1 Å². The lowest BCUT2D eigenvalue weighted by molar-refractivity contribution is -0.130. The van der Waals surface area contributed by atoms with E-state index in [2.05, 4.69) is 10.2 Å². The lowest BCUT2D eigenvalue weighted by Gasteiger charge is -2.19. The van der Waals surface area contributed by atoms with Crippen LogP contribution in [0.15, 0.2) is 0 Å². The average molecular weight is 221 g/mol. The highest BCUT2D eigenvalue weighted by molar-refractivity contribution is 6.13. The number of aliphatic hydroxyl groups is 1. The lowest BCUT2D eigenvalue weighted by atomic mass is 10.1. The summed E-state index contributed by atoms with van der Waals surface area (Å²) in [6, 6.07) is -0.0878. The van der Waals surface area contributed by atoms with E-state index in [0.717, 1.165) is 19.3 Å². The SMILES string of the molecule is CCC[C@H](NCl)[C@H](O)C(=O)NC1CC1. The van der Waals surface area contributed by atoms with Gasteiger partial charge in [-0.15, -0.1) is 0 Å². The maximum absolute atomic E-state index is 11.4. The molecule has 0 aliphatic heterocycles. The van der Waals surface area contributed by atoms with Gasteiger partial charge in [0.05, 0.1) is 6.04 Å². The average Bonchev–Trinajstić information content (AvgIpc) is 2.96. The number of aliphatic hydroxyl groups excluding tert-OH is 1. The van der Waals surface area contributed by atoms with Crippen LogP contribution in [0.4, 0.5) is 0 Å². The summed E-state index contributed by atoms with van der Waals surface area (Å²) in [5, 5.41) is 12.4. The summed E-state index contributed by atoms with van der Waals surface area (Å²) < 4.78 is 0. The Morgan fingerprint density at radius 3 is 2.71 bits per heavy atom. The molecule has 5 heteroatoms. The van der Waals surface area contributed by atoms with Crippen LogP contribution in [0, 0.1) is 0 Å². The highest BCUT2D eigenvalue weighted by Crippen LogP contribution is 2.19. The Bertz CT molecular complexity index is 197. The van der Waals surface area contributed by atoms with Gasteiger partial charge < -0.3 is 10.4 Å². The maximum atomic E-state index is 11.4. The van der Waals surface area contributed by atoms with Gasteiger partial charge in [0.1, 0.15) is 6.10 Å². The van der Waals surface area contributed by atoms with Gasteiger partial charge in [0, 0.05) is 6.04 Å². The fourth-order valence-corrected chi connectivity index (χ4v) is 1.51. The second-order valence-corrected chi connectivity index (χ2v) is 3.95. The Hall–Kier alpha value is -0.320. The second-order valence-electron chi connectivity index (χ2n) is 3.73. The van der Waals surface area contributed by atoms with Crippen molar-refractivity contribution >= 4 is 17.7 Å². The van der Waals surface area contributed by atoms with Gasteiger partial charge >= 0.3 is 0 Å². The van der Waals surface area contributed by atoms with Crippen molar-refractivity contribution in [2.75, 3.05) is 0 Å². The number of rotatable bonds is 6. The molecule has 0 aromatic rings. The molecule has 14 heavy (non-hydrogen) atoms. The molecule has 2 atom stereocenters. The van der Waals surface area contributed by atoms with Gasteiger partial charge in [0.2, 0.25) is 0 Å². The second kappa shape index (κ2) is 5.53. The van der Waals surface area contributed by atoms with Crippen molar-refractivity contribution in [2.45, 2.75) is 50.8 Å². The number of nitrogens with one attached hydrogen (secondary N) is 2. The van der Waals surface area contributed by atoms with Crippen LogP contribution >= 0.6 is 11.8 Å². The van der Waals surface area contributed by atoms with Crippen LogP contribution in [0.3, 0.4) is 0 Å². The van der Waals surface area contributed by atoms with Crippen LogP contribution in [0.5, 0.6) is 0 Å². The van der Waals surface area contributed by atoms with Crippen molar-refractivity contribution in [1.29, 1.82) is 0 Å². The third-order valence-electron chi connectivity index (χ3n) is 2.31. The van der Waals surface area contributed by atoms with Crippen LogP contribution in [-0.2, 0) is 4.79 Å². The zero-order chi connectivity index (χ0) is 10.6. The predicted molar refractivity (Wildman–Crippen MR) is 54.9 cm³/mol. The molecule has 1 amide bonds. The minimum atomic E-state index is -1.05. The highest BCUT2D eigenvalue weighted by atomic mass is 35.5. The molecular weight excluding hydrogens is 204 g/mol. The minimum Gasteiger partial charge on any atom is -0.382 e. The Balaban J connectivity index is 2.34. The molecular formula is C9H17ClN2O2. The summed E-state index contributed by atoms with van der Waals surface area (Å²) >= 11 is 5.45. The van der Waals surface area contributed by atoms with E-state index in [1.54, 1.807) is 0 Å². The van der Waals surface area contributed by atoms with E-state index in [-0.39, 0.29) is 18.0 Å². The first-order chi connectivity index (χ1) is 6.69. The summed E-state index contributed by atoms with van der Waals surface area (Å²) in [7, 11) is 0. The fraction of sp³-hybridized carbons (Fsp3) is 0.889. The van der Waals surface area contributed by atoms with Crippen LogP contribution in [0.1, 0.15) is 32.6 Å². The number of hydrogen-bond acceptors (Lipinski definition) is 3. The van der Waals surface area contributed by atoms with Gasteiger partial charge in [-0.2, -0.15) is 0 Å². The smallest absolute Gasteiger partial charge is 0.250 e. The first-order valence-electron chi connectivity index (χ1n) is 5.03. The molecule has 82 valence electrons. The Kier molecular flexibility index (Phi) is 4.65. The van der Waals surface area contributed by atoms with E-state index in [1.165, 1.54) is 0 Å². The van der Waals surface area contributed by atoms with Gasteiger partial charge in [0.25, 0.3) is 5.91 Å². The number of amides is 1. The van der Waals surface area contributed by atoms with E-state index in [9.17, 15) is 9.90 Å². The molecule has 4 nitrogen and oxygen atoms in total. The molecule has 0 unspecified atom stereocenters. The third kappa shape index (κ3) is 3.44. The highest BCUT2D eigenvalue weighted by Gasteiger charge is 2.30. The van der Waals surface area contributed by atoms with Gasteiger partial charge in [0.15, 0.2) is 0 Å². The molecule has 1 rings (SSSR count). The topological polar surface area (TPSA) is 61.4 Å². The molecule has 0 radical (unpaired) electrons. The largest absolute Gasteiger partial charge is 0.382 e. The standard InChI is InChI=1S/C9H17ClN2O2/c1-2-3-7(12-10)8(13)9(14)11-6-4-5-6/h6-8,12-13H,2-5H2,1H3,(H,11,14)/t7-,8-/m0/s1. The van der Waals surface area contributed by atoms with Gasteiger partial charge in [-0.3, -0.25) is 4.79 Å². The maximum Gasteiger partial charge on any atom is 0.250 e. The van der Waals surface area contributed by atoms with Crippen molar-refractivity contribution in [3.63, 3.8) is 0 Å². The van der Waals surface area contributed by atoms with E-state index in [0.29, 0.717) is 6.42 Å². The summed E-state index contributed by atoms with van der Waals surface area (Å²) in [6.07, 6.45) is 2.55. The van der Waals surface area contributed by atoms with Crippen molar-refractivity contribution in [3.8, 4) is 0 Å². The molecule has 0 aromatic heterocycles. The molecule has 0 aromatic carbocycles. The molecule has 0 saturated heterocycles. The number of hydrogen-bond donors (Lipinski definition) is 3. The van der Waals surface area contributed by atoms with Crippen LogP contribution in [0.2, 0.25) is 0 Å². The molecule has 1 aliphatic carbocycles. The summed E-state index contributed by atoms with van der Waals surface area (Å²) in [6.45, 7) is 1.98. The van der Waals surface area contributed by atoms with E-state index in [4.69, 9.17) is 11.8 Å². The quantitative estimate of drug-likeness (QED) is 0.573. The van der Waals surface area contributed by atoms with Gasteiger partial charge in [-0.1, -0.05) is 13.3 Å². The predicted octanol–water partition coefficient (Wildman–Crippen LogP) is 0.538. The number of carbonyl (C=O) groups excluding carboxylic acids is 1. The van der Waals surface area contributed by atoms with Gasteiger partial charge in [-0.25, -0.2) is 4.84 Å². The first kappa shape index (κ1) is 11.8. The summed E-state index contributed by atoms with van der Waals surface area (Å²) in [4.78, 5) is 13.8. The molecule has 1 fully saturated rings. The third-order valence-corrected chi connectivity index (χ3v) is 2.59. The number of halogens is 1. The van der Waals surface area contributed by atoms with Crippen molar-refractivity contribution in [3.05, 3.63) is 0 Å². The first-order valence-corrected chi connectivity index (χ1v) is 5.41. The normalized spacial score (nSPS) is 20.2. The van der Waals surface area contributed by atoms with Crippen LogP contribution < -0.4 is 10.2 Å². The molecule has 1 saturated carbocycles. The molecule has 3 N–H and O–H groups in total. The van der Waals surface area contributed by atoms with E-state index >= 15 is 0 Å². The van der Waals surface area contributed by atoms with Crippen molar-refractivity contribution in [1.82, 2.24) is 10.2 Å².